The maximum Gasteiger partial charge on any atom is 0.254 e. The van der Waals surface area contributed by atoms with Gasteiger partial charge in [0.05, 0.1) is 26.9 Å². The van der Waals surface area contributed by atoms with Crippen LogP contribution in [0.25, 0.3) is 0 Å². The molecule has 7 heteroatoms. The van der Waals surface area contributed by atoms with Gasteiger partial charge in [-0.05, 0) is 12.1 Å². The zero-order valence-electron chi connectivity index (χ0n) is 12.1. The largest absolute Gasteiger partial charge is 0.491 e. The van der Waals surface area contributed by atoms with Gasteiger partial charge >= 0.3 is 0 Å². The van der Waals surface area contributed by atoms with E-state index in [0.29, 0.717) is 26.3 Å². The van der Waals surface area contributed by atoms with Crippen LogP contribution in [0, 0.1) is 23.0 Å². The van der Waals surface area contributed by atoms with Crippen molar-refractivity contribution in [3.05, 3.63) is 29.3 Å². The maximum absolute atomic E-state index is 13.7. The molecule has 0 unspecified atom stereocenters. The molecule has 2 aliphatic rings. The van der Waals surface area contributed by atoms with Gasteiger partial charge in [-0.3, -0.25) is 4.79 Å². The molecule has 0 spiro atoms. The predicted octanol–water partition coefficient (Wildman–Crippen LogP) is 1.05. The number of halogens is 2. The summed E-state index contributed by atoms with van der Waals surface area (Å²) >= 11 is 0. The zero-order chi connectivity index (χ0) is 15.9. The molecule has 3 rings (SSSR count). The molecular formula is C15H17F2NO4. The summed E-state index contributed by atoms with van der Waals surface area (Å²) in [6, 6.07) is 1.95. The van der Waals surface area contributed by atoms with Crippen molar-refractivity contribution < 1.29 is 28.2 Å². The van der Waals surface area contributed by atoms with E-state index in [-0.39, 0.29) is 18.1 Å². The first kappa shape index (κ1) is 15.2. The van der Waals surface area contributed by atoms with Gasteiger partial charge in [0.25, 0.3) is 5.91 Å². The van der Waals surface area contributed by atoms with E-state index in [1.165, 1.54) is 4.90 Å². The Kier molecular flexibility index (Phi) is 3.78. The molecule has 1 aromatic carbocycles. The Bertz CT molecular complexity index is 586. The number of aliphatic hydroxyl groups excluding tert-OH is 1. The third kappa shape index (κ3) is 2.24. The van der Waals surface area contributed by atoms with Crippen LogP contribution in [0.3, 0.4) is 0 Å². The molecular weight excluding hydrogens is 296 g/mol. The molecule has 2 atom stereocenters. The molecule has 0 bridgehead atoms. The van der Waals surface area contributed by atoms with Crippen molar-refractivity contribution in [1.82, 2.24) is 4.90 Å². The standard InChI is InChI=1S/C15H17F2NO4/c1-21-13-11(16)2-9(3-12(13)17)14(20)18-4-10-5-22-8-15(10,6-18)7-19/h2-3,10,19H,4-8H2,1H3/t10-,15-/m0/s1. The van der Waals surface area contributed by atoms with E-state index in [1.807, 2.05) is 0 Å². The van der Waals surface area contributed by atoms with Crippen LogP contribution in [0.1, 0.15) is 10.4 Å². The van der Waals surface area contributed by atoms with Gasteiger partial charge in [0.15, 0.2) is 17.4 Å². The van der Waals surface area contributed by atoms with Crippen LogP contribution in [0.15, 0.2) is 12.1 Å². The van der Waals surface area contributed by atoms with E-state index in [9.17, 15) is 18.7 Å². The van der Waals surface area contributed by atoms with Crippen molar-refractivity contribution in [3.8, 4) is 5.75 Å². The molecule has 1 N–H and O–H groups in total. The first-order chi connectivity index (χ1) is 10.5. The Morgan fingerprint density at radius 2 is 2.18 bits per heavy atom. The van der Waals surface area contributed by atoms with Crippen LogP contribution < -0.4 is 4.74 Å². The Morgan fingerprint density at radius 3 is 2.73 bits per heavy atom. The molecule has 0 saturated carbocycles. The topological polar surface area (TPSA) is 59.0 Å². The summed E-state index contributed by atoms with van der Waals surface area (Å²) in [4.78, 5) is 14.0. The fourth-order valence-corrected chi connectivity index (χ4v) is 3.27. The van der Waals surface area contributed by atoms with Gasteiger partial charge in [-0.1, -0.05) is 0 Å². The molecule has 0 radical (unpaired) electrons. The van der Waals surface area contributed by atoms with Gasteiger partial charge in [0, 0.05) is 30.0 Å². The number of hydrogen-bond donors (Lipinski definition) is 1. The summed E-state index contributed by atoms with van der Waals surface area (Å²) in [5.74, 6) is -2.73. The zero-order valence-corrected chi connectivity index (χ0v) is 12.1. The average Bonchev–Trinajstić information content (AvgIpc) is 3.03. The van der Waals surface area contributed by atoms with Gasteiger partial charge in [-0.2, -0.15) is 0 Å². The molecule has 2 fully saturated rings. The van der Waals surface area contributed by atoms with E-state index in [4.69, 9.17) is 4.74 Å². The molecule has 2 aliphatic heterocycles. The summed E-state index contributed by atoms with van der Waals surface area (Å²) in [7, 11) is 1.16. The minimum absolute atomic E-state index is 0.0504. The highest BCUT2D eigenvalue weighted by Crippen LogP contribution is 2.41. The van der Waals surface area contributed by atoms with Gasteiger partial charge in [-0.15, -0.1) is 0 Å². The number of ether oxygens (including phenoxy) is 2. The summed E-state index contributed by atoms with van der Waals surface area (Å²) < 4.78 is 37.4. The quantitative estimate of drug-likeness (QED) is 0.906. The van der Waals surface area contributed by atoms with E-state index in [1.54, 1.807) is 0 Å². The summed E-state index contributed by atoms with van der Waals surface area (Å²) in [5, 5.41) is 9.60. The number of rotatable bonds is 3. The Balaban J connectivity index is 1.84. The first-order valence-corrected chi connectivity index (χ1v) is 7.01. The molecule has 1 amide bonds. The molecule has 0 aromatic heterocycles. The second-order valence-electron chi connectivity index (χ2n) is 5.89. The smallest absolute Gasteiger partial charge is 0.254 e. The first-order valence-electron chi connectivity index (χ1n) is 7.01. The maximum atomic E-state index is 13.7. The lowest BCUT2D eigenvalue weighted by molar-refractivity contribution is 0.0630. The molecule has 120 valence electrons. The number of benzene rings is 1. The van der Waals surface area contributed by atoms with E-state index < -0.39 is 28.7 Å². The fraction of sp³-hybridized carbons (Fsp3) is 0.533. The number of nitrogens with zero attached hydrogens (tertiary/aromatic N) is 1. The van der Waals surface area contributed by atoms with Gasteiger partial charge < -0.3 is 19.5 Å². The van der Waals surface area contributed by atoms with Crippen molar-refractivity contribution in [1.29, 1.82) is 0 Å². The molecule has 1 aromatic rings. The lowest BCUT2D eigenvalue weighted by Crippen LogP contribution is -2.36. The summed E-state index contributed by atoms with van der Waals surface area (Å²) in [6.07, 6.45) is 0. The van der Waals surface area contributed by atoms with E-state index in [2.05, 4.69) is 4.74 Å². The second-order valence-corrected chi connectivity index (χ2v) is 5.89. The SMILES string of the molecule is COc1c(F)cc(C(=O)N2C[C@H]3COC[C@@]3(CO)C2)cc1F. The lowest BCUT2D eigenvalue weighted by Gasteiger charge is -2.24. The van der Waals surface area contributed by atoms with E-state index in [0.717, 1.165) is 19.2 Å². The summed E-state index contributed by atoms with van der Waals surface area (Å²) in [6.45, 7) is 1.53. The number of amides is 1. The molecule has 22 heavy (non-hydrogen) atoms. The molecule has 0 aliphatic carbocycles. The van der Waals surface area contributed by atoms with Crippen LogP contribution in [0.5, 0.6) is 5.75 Å². The van der Waals surface area contributed by atoms with Crippen LogP contribution in [-0.4, -0.2) is 55.9 Å². The van der Waals surface area contributed by atoms with Crippen molar-refractivity contribution in [2.45, 2.75) is 0 Å². The van der Waals surface area contributed by atoms with Crippen molar-refractivity contribution in [2.75, 3.05) is 40.0 Å². The fourth-order valence-electron chi connectivity index (χ4n) is 3.27. The number of aliphatic hydroxyl groups is 1. The third-order valence-electron chi connectivity index (χ3n) is 4.57. The van der Waals surface area contributed by atoms with Gasteiger partial charge in [-0.25, -0.2) is 8.78 Å². The number of fused-ring (bicyclic) bond motifs is 1. The highest BCUT2D eigenvalue weighted by Gasteiger charge is 2.51. The third-order valence-corrected chi connectivity index (χ3v) is 4.57. The highest BCUT2D eigenvalue weighted by molar-refractivity contribution is 5.94. The number of carbonyl (C=O) groups is 1. The van der Waals surface area contributed by atoms with Crippen LogP contribution in [-0.2, 0) is 4.74 Å². The monoisotopic (exact) mass is 313 g/mol. The Labute approximate surface area is 126 Å². The minimum Gasteiger partial charge on any atom is -0.491 e. The lowest BCUT2D eigenvalue weighted by atomic mass is 9.82. The normalized spacial score (nSPS) is 27.1. The molecule has 2 heterocycles. The second kappa shape index (κ2) is 5.48. The summed E-state index contributed by atoms with van der Waals surface area (Å²) in [5.41, 5.74) is -0.524. The number of likely N-dealkylation sites (tertiary alicyclic amines) is 1. The number of methoxy groups -OCH3 is 1. The molecule has 2 saturated heterocycles. The Morgan fingerprint density at radius 1 is 1.50 bits per heavy atom. The van der Waals surface area contributed by atoms with Crippen molar-refractivity contribution in [2.24, 2.45) is 11.3 Å². The average molecular weight is 313 g/mol. The van der Waals surface area contributed by atoms with Gasteiger partial charge in [0.2, 0.25) is 0 Å². The molecule has 5 nitrogen and oxygen atoms in total. The Hall–Kier alpha value is -1.73. The van der Waals surface area contributed by atoms with Crippen LogP contribution >= 0.6 is 0 Å². The van der Waals surface area contributed by atoms with Crippen molar-refractivity contribution in [3.63, 3.8) is 0 Å². The van der Waals surface area contributed by atoms with Crippen molar-refractivity contribution >= 4 is 5.91 Å². The van der Waals surface area contributed by atoms with E-state index >= 15 is 0 Å². The van der Waals surface area contributed by atoms with Crippen LogP contribution in [0.2, 0.25) is 0 Å². The van der Waals surface area contributed by atoms with Crippen LogP contribution in [0.4, 0.5) is 8.78 Å². The number of hydrogen-bond acceptors (Lipinski definition) is 4. The highest BCUT2D eigenvalue weighted by atomic mass is 19.1. The van der Waals surface area contributed by atoms with Gasteiger partial charge in [0.1, 0.15) is 0 Å². The number of carbonyl (C=O) groups excluding carboxylic acids is 1. The predicted molar refractivity (Wildman–Crippen MR) is 72.6 cm³/mol. The minimum atomic E-state index is -0.912.